The van der Waals surface area contributed by atoms with E-state index in [1.165, 1.54) is 24.3 Å². The van der Waals surface area contributed by atoms with Crippen molar-refractivity contribution in [3.05, 3.63) is 83.9 Å². The van der Waals surface area contributed by atoms with Crippen LogP contribution in [-0.2, 0) is 10.0 Å². The van der Waals surface area contributed by atoms with E-state index in [1.54, 1.807) is 24.3 Å². The van der Waals surface area contributed by atoms with Gasteiger partial charge in [0.2, 0.25) is 10.0 Å². The van der Waals surface area contributed by atoms with Gasteiger partial charge in [-0.3, -0.25) is 4.79 Å². The predicted molar refractivity (Wildman–Crippen MR) is 118 cm³/mol. The molecule has 3 rings (SSSR count). The minimum atomic E-state index is -3.82. The summed E-state index contributed by atoms with van der Waals surface area (Å²) in [5.74, 6) is 0.621. The summed E-state index contributed by atoms with van der Waals surface area (Å²) >= 11 is 0. The van der Waals surface area contributed by atoms with Crippen molar-refractivity contribution >= 4 is 21.6 Å². The van der Waals surface area contributed by atoms with Crippen molar-refractivity contribution in [2.75, 3.05) is 11.9 Å². The van der Waals surface area contributed by atoms with Crippen molar-refractivity contribution in [3.8, 4) is 17.6 Å². The van der Waals surface area contributed by atoms with Crippen molar-refractivity contribution in [1.29, 1.82) is 5.26 Å². The molecule has 0 saturated heterocycles. The van der Waals surface area contributed by atoms with Crippen LogP contribution in [0.3, 0.4) is 0 Å². The van der Waals surface area contributed by atoms with Crippen molar-refractivity contribution in [2.24, 2.45) is 0 Å². The molecule has 0 atom stereocenters. The van der Waals surface area contributed by atoms with Crippen LogP contribution in [0.4, 0.5) is 5.69 Å². The van der Waals surface area contributed by atoms with Gasteiger partial charge in [0, 0.05) is 18.5 Å². The predicted octanol–water partition coefficient (Wildman–Crippen LogP) is 4.23. The Hall–Kier alpha value is -3.67. The standard InChI is InChI=1S/C23H21N3O4S/c1-17-7-4-9-19(15-17)30-22-12-3-2-11-21(22)26-23(27)18-8-5-10-20(16-18)31(28,29)25-14-6-13-24/h2-5,7-12,15-16,25H,6,14H2,1H3,(H,26,27). The van der Waals surface area contributed by atoms with E-state index in [2.05, 4.69) is 10.0 Å². The Morgan fingerprint density at radius 2 is 1.81 bits per heavy atom. The van der Waals surface area contributed by atoms with Crippen LogP contribution in [-0.4, -0.2) is 20.9 Å². The lowest BCUT2D eigenvalue weighted by atomic mass is 10.2. The molecule has 0 fully saturated rings. The van der Waals surface area contributed by atoms with E-state index in [4.69, 9.17) is 10.00 Å². The lowest BCUT2D eigenvalue weighted by Crippen LogP contribution is -2.25. The fourth-order valence-corrected chi connectivity index (χ4v) is 3.87. The lowest BCUT2D eigenvalue weighted by molar-refractivity contribution is 0.102. The molecule has 0 radical (unpaired) electrons. The number of hydrogen-bond donors (Lipinski definition) is 2. The minimum absolute atomic E-state index is 0.00106. The Morgan fingerprint density at radius 3 is 2.58 bits per heavy atom. The number of carbonyl (C=O) groups excluding carboxylic acids is 1. The number of benzene rings is 3. The Labute approximate surface area is 181 Å². The molecule has 0 saturated carbocycles. The molecule has 31 heavy (non-hydrogen) atoms. The van der Waals surface area contributed by atoms with Crippen molar-refractivity contribution in [2.45, 2.75) is 18.2 Å². The monoisotopic (exact) mass is 435 g/mol. The van der Waals surface area contributed by atoms with Gasteiger partial charge in [0.1, 0.15) is 5.75 Å². The molecule has 1 amide bonds. The molecule has 2 N–H and O–H groups in total. The summed E-state index contributed by atoms with van der Waals surface area (Å²) in [6.45, 7) is 1.95. The molecular formula is C23H21N3O4S. The maximum atomic E-state index is 12.8. The molecule has 0 aromatic heterocycles. The van der Waals surface area contributed by atoms with Gasteiger partial charge in [0.15, 0.2) is 5.75 Å². The zero-order valence-corrected chi connectivity index (χ0v) is 17.6. The maximum absolute atomic E-state index is 12.8. The average Bonchev–Trinajstić information content (AvgIpc) is 2.75. The van der Waals surface area contributed by atoms with E-state index in [9.17, 15) is 13.2 Å². The van der Waals surface area contributed by atoms with Gasteiger partial charge in [0.05, 0.1) is 16.7 Å². The number of sulfonamides is 1. The van der Waals surface area contributed by atoms with Gasteiger partial charge >= 0.3 is 0 Å². The Balaban J connectivity index is 1.79. The third-order valence-corrected chi connectivity index (χ3v) is 5.75. The number of rotatable bonds is 8. The minimum Gasteiger partial charge on any atom is -0.455 e. The summed E-state index contributed by atoms with van der Waals surface area (Å²) in [6, 6.07) is 22.1. The first-order valence-corrected chi connectivity index (χ1v) is 11.0. The van der Waals surface area contributed by atoms with E-state index >= 15 is 0 Å². The summed E-state index contributed by atoms with van der Waals surface area (Å²) in [5.41, 5.74) is 1.67. The normalized spacial score (nSPS) is 10.8. The SMILES string of the molecule is Cc1cccc(Oc2ccccc2NC(=O)c2cccc(S(=O)(=O)NCCC#N)c2)c1. The summed E-state index contributed by atoms with van der Waals surface area (Å²) in [5, 5.41) is 11.3. The highest BCUT2D eigenvalue weighted by atomic mass is 32.2. The molecular weight excluding hydrogens is 414 g/mol. The number of ether oxygens (including phenoxy) is 1. The number of carbonyl (C=O) groups is 1. The molecule has 8 heteroatoms. The first-order chi connectivity index (χ1) is 14.9. The molecule has 0 aliphatic carbocycles. The molecule has 0 spiro atoms. The second-order valence-corrected chi connectivity index (χ2v) is 8.47. The van der Waals surface area contributed by atoms with Crippen LogP contribution >= 0.6 is 0 Å². The quantitative estimate of drug-likeness (QED) is 0.515. The van der Waals surface area contributed by atoms with Crippen molar-refractivity contribution in [3.63, 3.8) is 0 Å². The van der Waals surface area contributed by atoms with E-state index in [0.717, 1.165) is 5.56 Å². The van der Waals surface area contributed by atoms with Crippen LogP contribution in [0, 0.1) is 18.3 Å². The molecule has 3 aromatic rings. The molecule has 0 aliphatic rings. The van der Waals surface area contributed by atoms with Gasteiger partial charge in [-0.15, -0.1) is 0 Å². The Kier molecular flexibility index (Phi) is 7.03. The summed E-state index contributed by atoms with van der Waals surface area (Å²) in [6.07, 6.45) is 0.0527. The van der Waals surface area contributed by atoms with Crippen LogP contribution in [0.5, 0.6) is 11.5 Å². The first kappa shape index (κ1) is 22.0. The summed E-state index contributed by atoms with van der Waals surface area (Å²) < 4.78 is 32.9. The molecule has 3 aromatic carbocycles. The topological polar surface area (TPSA) is 108 Å². The fourth-order valence-electron chi connectivity index (χ4n) is 2.79. The maximum Gasteiger partial charge on any atom is 0.255 e. The van der Waals surface area contributed by atoms with Crippen LogP contribution in [0.1, 0.15) is 22.3 Å². The van der Waals surface area contributed by atoms with Gasteiger partial charge < -0.3 is 10.1 Å². The van der Waals surface area contributed by atoms with Crippen LogP contribution in [0.15, 0.2) is 77.7 Å². The zero-order valence-electron chi connectivity index (χ0n) is 16.8. The highest BCUT2D eigenvalue weighted by Gasteiger charge is 2.17. The molecule has 158 valence electrons. The van der Waals surface area contributed by atoms with Crippen LogP contribution in [0.25, 0.3) is 0 Å². The molecule has 0 heterocycles. The number of para-hydroxylation sites is 2. The number of anilines is 1. The number of hydrogen-bond acceptors (Lipinski definition) is 5. The van der Waals surface area contributed by atoms with Crippen molar-refractivity contribution in [1.82, 2.24) is 4.72 Å². The summed E-state index contributed by atoms with van der Waals surface area (Å²) in [4.78, 5) is 12.7. The van der Waals surface area contributed by atoms with Gasteiger partial charge in [0.25, 0.3) is 5.91 Å². The summed E-state index contributed by atoms with van der Waals surface area (Å²) in [7, 11) is -3.82. The number of nitrogens with zero attached hydrogens (tertiary/aromatic N) is 1. The van der Waals surface area contributed by atoms with E-state index in [0.29, 0.717) is 17.2 Å². The second-order valence-electron chi connectivity index (χ2n) is 6.70. The third kappa shape index (κ3) is 5.92. The van der Waals surface area contributed by atoms with E-state index < -0.39 is 15.9 Å². The highest BCUT2D eigenvalue weighted by molar-refractivity contribution is 7.89. The number of aryl methyl sites for hydroxylation is 1. The van der Waals surface area contributed by atoms with Gasteiger partial charge in [-0.05, 0) is 55.0 Å². The van der Waals surface area contributed by atoms with Crippen LogP contribution in [0.2, 0.25) is 0 Å². The van der Waals surface area contributed by atoms with Gasteiger partial charge in [-0.1, -0.05) is 30.3 Å². The third-order valence-electron chi connectivity index (χ3n) is 4.29. The van der Waals surface area contributed by atoms with Gasteiger partial charge in [-0.25, -0.2) is 13.1 Å². The van der Waals surface area contributed by atoms with E-state index in [1.807, 2.05) is 37.3 Å². The second kappa shape index (κ2) is 9.89. The van der Waals surface area contributed by atoms with Gasteiger partial charge in [-0.2, -0.15) is 5.26 Å². The molecule has 0 bridgehead atoms. The van der Waals surface area contributed by atoms with Crippen molar-refractivity contribution < 1.29 is 17.9 Å². The number of nitrogens with one attached hydrogen (secondary N) is 2. The zero-order chi connectivity index (χ0) is 22.3. The smallest absolute Gasteiger partial charge is 0.255 e. The van der Waals surface area contributed by atoms with Crippen LogP contribution < -0.4 is 14.8 Å². The first-order valence-electron chi connectivity index (χ1n) is 9.50. The Morgan fingerprint density at radius 1 is 1.03 bits per heavy atom. The Bertz CT molecular complexity index is 1230. The number of amides is 1. The van der Waals surface area contributed by atoms with E-state index in [-0.39, 0.29) is 23.4 Å². The fraction of sp³-hybridized carbons (Fsp3) is 0.130. The molecule has 0 unspecified atom stereocenters. The largest absolute Gasteiger partial charge is 0.455 e. The highest BCUT2D eigenvalue weighted by Crippen LogP contribution is 2.30. The average molecular weight is 436 g/mol. The molecule has 7 nitrogen and oxygen atoms in total. The lowest BCUT2D eigenvalue weighted by Gasteiger charge is -2.13. The number of nitriles is 1. The molecule has 0 aliphatic heterocycles.